The van der Waals surface area contributed by atoms with Gasteiger partial charge in [0.05, 0.1) is 5.56 Å². The van der Waals surface area contributed by atoms with Gasteiger partial charge in [0.25, 0.3) is 0 Å². The van der Waals surface area contributed by atoms with E-state index in [4.69, 9.17) is 9.94 Å². The van der Waals surface area contributed by atoms with Crippen LogP contribution in [0.4, 0.5) is 0 Å². The van der Waals surface area contributed by atoms with E-state index in [-0.39, 0.29) is 0 Å². The molecule has 0 aliphatic carbocycles. The fraction of sp³-hybridized carbons (Fsp3) is 0.333. The minimum atomic E-state index is -0.955. The van der Waals surface area contributed by atoms with Crippen LogP contribution in [0.15, 0.2) is 30.3 Å². The number of hydrogen-bond donors (Lipinski definition) is 1. The zero-order valence-electron chi connectivity index (χ0n) is 9.20. The summed E-state index contributed by atoms with van der Waals surface area (Å²) in [6.07, 6.45) is 1.23. The molecule has 0 radical (unpaired) electrons. The van der Waals surface area contributed by atoms with Gasteiger partial charge in [-0.2, -0.15) is 0 Å². The van der Waals surface area contributed by atoms with Crippen LogP contribution >= 0.6 is 0 Å². The highest BCUT2D eigenvalue weighted by Crippen LogP contribution is 2.18. The number of hydrogen-bond acceptors (Lipinski definition) is 4. The first-order valence-corrected chi connectivity index (χ1v) is 5.45. The van der Waals surface area contributed by atoms with E-state index in [9.17, 15) is 9.59 Å². The molecule has 2 rings (SSSR count). The van der Waals surface area contributed by atoms with Crippen molar-refractivity contribution >= 4 is 11.9 Å². The van der Waals surface area contributed by atoms with E-state index in [1.165, 1.54) is 5.06 Å². The Labute approximate surface area is 98.6 Å². The number of benzene rings is 1. The second kappa shape index (κ2) is 4.97. The standard InChI is InChI=1S/C12H13NO4/c14-11(15)10-7-4-8-13(10)17-12(16)9-5-2-1-3-6-9/h1-3,5-6,10H,4,7-8H2,(H,14,15). The molecule has 1 N–H and O–H groups in total. The largest absolute Gasteiger partial charge is 0.480 e. The third-order valence-electron chi connectivity index (χ3n) is 2.70. The molecule has 1 saturated heterocycles. The first-order chi connectivity index (χ1) is 8.18. The lowest BCUT2D eigenvalue weighted by molar-refractivity contribution is -0.162. The number of hydroxylamine groups is 2. The van der Waals surface area contributed by atoms with Gasteiger partial charge in [-0.1, -0.05) is 18.2 Å². The summed E-state index contributed by atoms with van der Waals surface area (Å²) < 4.78 is 0. The van der Waals surface area contributed by atoms with Gasteiger partial charge in [0.1, 0.15) is 6.04 Å². The quantitative estimate of drug-likeness (QED) is 0.855. The number of carboxylic acid groups (broad SMARTS) is 1. The van der Waals surface area contributed by atoms with Crippen molar-refractivity contribution in [2.45, 2.75) is 18.9 Å². The molecule has 90 valence electrons. The third-order valence-corrected chi connectivity index (χ3v) is 2.70. The Hall–Kier alpha value is -1.88. The molecule has 1 aromatic carbocycles. The fourth-order valence-corrected chi connectivity index (χ4v) is 1.83. The Morgan fingerprint density at radius 2 is 2.00 bits per heavy atom. The summed E-state index contributed by atoms with van der Waals surface area (Å²) in [6, 6.07) is 7.81. The number of rotatable bonds is 3. The second-order valence-electron chi connectivity index (χ2n) is 3.88. The molecule has 1 unspecified atom stereocenters. The first kappa shape index (κ1) is 11.6. The molecule has 1 aliphatic heterocycles. The van der Waals surface area contributed by atoms with Gasteiger partial charge >= 0.3 is 11.9 Å². The molecule has 0 bridgehead atoms. The topological polar surface area (TPSA) is 66.8 Å². The Bertz CT molecular complexity index is 418. The fourth-order valence-electron chi connectivity index (χ4n) is 1.83. The summed E-state index contributed by atoms with van der Waals surface area (Å²) in [7, 11) is 0. The molecule has 5 heteroatoms. The third kappa shape index (κ3) is 2.62. The Morgan fingerprint density at radius 1 is 1.29 bits per heavy atom. The Kier molecular flexibility index (Phi) is 3.39. The number of carbonyl (C=O) groups is 2. The Morgan fingerprint density at radius 3 is 2.65 bits per heavy atom. The zero-order chi connectivity index (χ0) is 12.3. The van der Waals surface area contributed by atoms with Gasteiger partial charge in [0.2, 0.25) is 0 Å². The lowest BCUT2D eigenvalue weighted by Gasteiger charge is -2.19. The van der Waals surface area contributed by atoms with Crippen LogP contribution in [0.5, 0.6) is 0 Å². The van der Waals surface area contributed by atoms with Crippen molar-refractivity contribution < 1.29 is 19.5 Å². The molecule has 0 spiro atoms. The summed E-state index contributed by atoms with van der Waals surface area (Å²) in [5.41, 5.74) is 0.420. The van der Waals surface area contributed by atoms with Gasteiger partial charge in [-0.05, 0) is 25.0 Å². The van der Waals surface area contributed by atoms with E-state index < -0.39 is 18.0 Å². The molecular weight excluding hydrogens is 222 g/mol. The Balaban J connectivity index is 2.02. The van der Waals surface area contributed by atoms with Crippen LogP contribution in [0.3, 0.4) is 0 Å². The smallest absolute Gasteiger partial charge is 0.357 e. The van der Waals surface area contributed by atoms with Crippen molar-refractivity contribution in [3.05, 3.63) is 35.9 Å². The van der Waals surface area contributed by atoms with Gasteiger partial charge in [-0.3, -0.25) is 4.79 Å². The minimum Gasteiger partial charge on any atom is -0.480 e. The highest BCUT2D eigenvalue weighted by atomic mass is 16.7. The summed E-state index contributed by atoms with van der Waals surface area (Å²) in [5.74, 6) is -1.47. The number of aliphatic carboxylic acids is 1. The molecule has 1 aromatic rings. The zero-order valence-corrected chi connectivity index (χ0v) is 9.20. The van der Waals surface area contributed by atoms with Crippen LogP contribution in [0.25, 0.3) is 0 Å². The molecule has 0 amide bonds. The molecular formula is C12H13NO4. The number of carbonyl (C=O) groups excluding carboxylic acids is 1. The van der Waals surface area contributed by atoms with E-state index in [1.807, 2.05) is 0 Å². The van der Waals surface area contributed by atoms with Crippen LogP contribution in [-0.4, -0.2) is 34.7 Å². The molecule has 5 nitrogen and oxygen atoms in total. The maximum atomic E-state index is 11.7. The maximum absolute atomic E-state index is 11.7. The van der Waals surface area contributed by atoms with E-state index in [1.54, 1.807) is 30.3 Å². The van der Waals surface area contributed by atoms with E-state index >= 15 is 0 Å². The first-order valence-electron chi connectivity index (χ1n) is 5.45. The van der Waals surface area contributed by atoms with Crippen molar-refractivity contribution in [2.75, 3.05) is 6.54 Å². The normalized spacial score (nSPS) is 20.1. The van der Waals surface area contributed by atoms with Crippen molar-refractivity contribution in [2.24, 2.45) is 0 Å². The molecule has 0 saturated carbocycles. The monoisotopic (exact) mass is 235 g/mol. The van der Waals surface area contributed by atoms with Crippen molar-refractivity contribution in [3.8, 4) is 0 Å². The van der Waals surface area contributed by atoms with Crippen LogP contribution in [0, 0.1) is 0 Å². The van der Waals surface area contributed by atoms with Gasteiger partial charge in [-0.25, -0.2) is 4.79 Å². The van der Waals surface area contributed by atoms with Gasteiger partial charge in [0, 0.05) is 6.54 Å². The van der Waals surface area contributed by atoms with Crippen molar-refractivity contribution in [1.82, 2.24) is 5.06 Å². The van der Waals surface area contributed by atoms with E-state index in [0.717, 1.165) is 6.42 Å². The molecule has 1 aliphatic rings. The van der Waals surface area contributed by atoms with Gasteiger partial charge < -0.3 is 9.94 Å². The van der Waals surface area contributed by atoms with E-state index in [2.05, 4.69) is 0 Å². The maximum Gasteiger partial charge on any atom is 0.357 e. The van der Waals surface area contributed by atoms with Crippen LogP contribution in [-0.2, 0) is 9.63 Å². The lowest BCUT2D eigenvalue weighted by Crippen LogP contribution is -2.37. The van der Waals surface area contributed by atoms with Gasteiger partial charge in [-0.15, -0.1) is 5.06 Å². The molecule has 0 aromatic heterocycles. The predicted octanol–water partition coefficient (Wildman–Crippen LogP) is 1.31. The van der Waals surface area contributed by atoms with Crippen molar-refractivity contribution in [3.63, 3.8) is 0 Å². The SMILES string of the molecule is O=C(ON1CCCC1C(=O)O)c1ccccc1. The molecule has 1 fully saturated rings. The summed E-state index contributed by atoms with van der Waals surface area (Å²) >= 11 is 0. The summed E-state index contributed by atoms with van der Waals surface area (Å²) in [5, 5.41) is 10.2. The molecule has 1 atom stereocenters. The van der Waals surface area contributed by atoms with Crippen molar-refractivity contribution in [1.29, 1.82) is 0 Å². The molecule has 1 heterocycles. The minimum absolute atomic E-state index is 0.420. The lowest BCUT2D eigenvalue weighted by atomic mass is 10.2. The van der Waals surface area contributed by atoms with Crippen LogP contribution < -0.4 is 0 Å². The average molecular weight is 235 g/mol. The highest BCUT2D eigenvalue weighted by molar-refractivity contribution is 5.89. The summed E-state index contributed by atoms with van der Waals surface area (Å²) in [4.78, 5) is 27.7. The number of nitrogens with zero attached hydrogens (tertiary/aromatic N) is 1. The van der Waals surface area contributed by atoms with Gasteiger partial charge in [0.15, 0.2) is 0 Å². The molecule has 17 heavy (non-hydrogen) atoms. The van der Waals surface area contributed by atoms with Crippen LogP contribution in [0.2, 0.25) is 0 Å². The number of carboxylic acids is 1. The predicted molar refractivity (Wildman–Crippen MR) is 59.2 cm³/mol. The van der Waals surface area contributed by atoms with Crippen LogP contribution in [0.1, 0.15) is 23.2 Å². The van der Waals surface area contributed by atoms with E-state index in [0.29, 0.717) is 18.5 Å². The summed E-state index contributed by atoms with van der Waals surface area (Å²) in [6.45, 7) is 0.468. The highest BCUT2D eigenvalue weighted by Gasteiger charge is 2.33. The average Bonchev–Trinajstić information content (AvgIpc) is 2.78. The second-order valence-corrected chi connectivity index (χ2v) is 3.88.